The number of aryl methyl sites for hydroxylation is 2. The average molecular weight is 322 g/mol. The Morgan fingerprint density at radius 3 is 2.96 bits per heavy atom. The van der Waals surface area contributed by atoms with Crippen molar-refractivity contribution in [1.82, 2.24) is 29.2 Å². The lowest BCUT2D eigenvalue weighted by molar-refractivity contribution is 0.244. The van der Waals surface area contributed by atoms with E-state index < -0.39 is 0 Å². The SMILES string of the molecule is Cc1nccn1-c1cccc(C2CCCN2Cc2cnn(C)c2)n1. The summed E-state index contributed by atoms with van der Waals surface area (Å²) in [6.45, 7) is 4.03. The largest absolute Gasteiger partial charge is 0.290 e. The summed E-state index contributed by atoms with van der Waals surface area (Å²) < 4.78 is 3.89. The van der Waals surface area contributed by atoms with Gasteiger partial charge in [-0.25, -0.2) is 9.97 Å². The van der Waals surface area contributed by atoms with Gasteiger partial charge in [-0.3, -0.25) is 14.1 Å². The lowest BCUT2D eigenvalue weighted by Gasteiger charge is -2.23. The van der Waals surface area contributed by atoms with Gasteiger partial charge in [-0.15, -0.1) is 0 Å². The third-order valence-electron chi connectivity index (χ3n) is 4.68. The Kier molecular flexibility index (Phi) is 3.90. The van der Waals surface area contributed by atoms with Crippen LogP contribution in [0.3, 0.4) is 0 Å². The van der Waals surface area contributed by atoms with Crippen molar-refractivity contribution in [1.29, 1.82) is 0 Å². The Morgan fingerprint density at radius 1 is 1.29 bits per heavy atom. The Morgan fingerprint density at radius 2 is 2.21 bits per heavy atom. The molecular weight excluding hydrogens is 300 g/mol. The highest BCUT2D eigenvalue weighted by atomic mass is 15.3. The maximum atomic E-state index is 4.92. The van der Waals surface area contributed by atoms with E-state index in [0.717, 1.165) is 36.8 Å². The molecule has 0 aliphatic carbocycles. The van der Waals surface area contributed by atoms with Gasteiger partial charge in [0.1, 0.15) is 11.6 Å². The van der Waals surface area contributed by atoms with Gasteiger partial charge in [-0.05, 0) is 38.4 Å². The number of hydrogen-bond donors (Lipinski definition) is 0. The van der Waals surface area contributed by atoms with Crippen LogP contribution in [0, 0.1) is 6.92 Å². The lowest BCUT2D eigenvalue weighted by atomic mass is 10.1. The van der Waals surface area contributed by atoms with Crippen LogP contribution >= 0.6 is 0 Å². The molecule has 0 amide bonds. The van der Waals surface area contributed by atoms with Crippen molar-refractivity contribution < 1.29 is 0 Å². The van der Waals surface area contributed by atoms with E-state index >= 15 is 0 Å². The molecule has 0 saturated carbocycles. The summed E-state index contributed by atoms with van der Waals surface area (Å²) in [5, 5.41) is 4.28. The van der Waals surface area contributed by atoms with Crippen LogP contribution < -0.4 is 0 Å². The van der Waals surface area contributed by atoms with Crippen molar-refractivity contribution in [2.24, 2.45) is 7.05 Å². The average Bonchev–Trinajstić information content (AvgIpc) is 3.30. The maximum absolute atomic E-state index is 4.92. The number of rotatable bonds is 4. The van der Waals surface area contributed by atoms with Crippen molar-refractivity contribution in [3.8, 4) is 5.82 Å². The lowest BCUT2D eigenvalue weighted by Crippen LogP contribution is -2.23. The van der Waals surface area contributed by atoms with Crippen LogP contribution in [-0.2, 0) is 13.6 Å². The molecule has 3 aromatic heterocycles. The molecule has 124 valence electrons. The topological polar surface area (TPSA) is 51.8 Å². The molecule has 0 radical (unpaired) electrons. The Hall–Kier alpha value is -2.47. The van der Waals surface area contributed by atoms with Crippen LogP contribution in [0.1, 0.15) is 36.0 Å². The van der Waals surface area contributed by atoms with E-state index in [1.54, 1.807) is 0 Å². The molecule has 1 atom stereocenters. The zero-order chi connectivity index (χ0) is 16.5. The first-order chi connectivity index (χ1) is 11.7. The molecule has 0 spiro atoms. The summed E-state index contributed by atoms with van der Waals surface area (Å²) >= 11 is 0. The number of nitrogens with zero attached hydrogens (tertiary/aromatic N) is 6. The van der Waals surface area contributed by atoms with Gasteiger partial charge in [0.25, 0.3) is 0 Å². The standard InChI is InChI=1S/C18H22N6/c1-14-19-8-10-24(14)18-7-3-5-16(21-18)17-6-4-9-23(17)13-15-11-20-22(2)12-15/h3,5,7-8,10-12,17H,4,6,9,13H2,1-2H3. The summed E-state index contributed by atoms with van der Waals surface area (Å²) in [4.78, 5) is 11.7. The van der Waals surface area contributed by atoms with Crippen molar-refractivity contribution >= 4 is 0 Å². The molecule has 1 aliphatic heterocycles. The Bertz CT molecular complexity index is 833. The Balaban J connectivity index is 1.59. The smallest absolute Gasteiger partial charge is 0.138 e. The van der Waals surface area contributed by atoms with Crippen LogP contribution in [0.15, 0.2) is 43.0 Å². The summed E-state index contributed by atoms with van der Waals surface area (Å²) in [6, 6.07) is 6.65. The predicted octanol–water partition coefficient (Wildman–Crippen LogP) is 2.65. The van der Waals surface area contributed by atoms with Gasteiger partial charge in [0.2, 0.25) is 0 Å². The maximum Gasteiger partial charge on any atom is 0.138 e. The van der Waals surface area contributed by atoms with Crippen LogP contribution in [-0.4, -0.2) is 35.8 Å². The van der Waals surface area contributed by atoms with E-state index in [1.165, 1.54) is 12.0 Å². The van der Waals surface area contributed by atoms with Gasteiger partial charge in [0.05, 0.1) is 17.9 Å². The number of imidazole rings is 1. The van der Waals surface area contributed by atoms with Gasteiger partial charge in [-0.1, -0.05) is 6.07 Å². The second kappa shape index (κ2) is 6.20. The van der Waals surface area contributed by atoms with Crippen LogP contribution in [0.5, 0.6) is 0 Å². The predicted molar refractivity (Wildman–Crippen MR) is 91.7 cm³/mol. The fourth-order valence-corrected chi connectivity index (χ4v) is 3.52. The third kappa shape index (κ3) is 2.85. The van der Waals surface area contributed by atoms with Gasteiger partial charge in [0, 0.05) is 37.7 Å². The second-order valence-corrected chi connectivity index (χ2v) is 6.42. The van der Waals surface area contributed by atoms with E-state index in [-0.39, 0.29) is 0 Å². The molecule has 1 fully saturated rings. The molecule has 24 heavy (non-hydrogen) atoms. The zero-order valence-corrected chi connectivity index (χ0v) is 14.1. The van der Waals surface area contributed by atoms with E-state index in [1.807, 2.05) is 47.9 Å². The van der Waals surface area contributed by atoms with Gasteiger partial charge in [0.15, 0.2) is 0 Å². The van der Waals surface area contributed by atoms with Crippen molar-refractivity contribution in [3.05, 3.63) is 60.1 Å². The fraction of sp³-hybridized carbons (Fsp3) is 0.389. The molecule has 1 unspecified atom stereocenters. The molecule has 1 saturated heterocycles. The third-order valence-corrected chi connectivity index (χ3v) is 4.68. The molecule has 4 rings (SSSR count). The van der Waals surface area contributed by atoms with Gasteiger partial charge in [-0.2, -0.15) is 5.10 Å². The molecule has 4 heterocycles. The molecule has 0 bridgehead atoms. The number of hydrogen-bond acceptors (Lipinski definition) is 4. The molecule has 6 nitrogen and oxygen atoms in total. The molecule has 6 heteroatoms. The van der Waals surface area contributed by atoms with E-state index in [4.69, 9.17) is 4.98 Å². The highest BCUT2D eigenvalue weighted by Crippen LogP contribution is 2.32. The first kappa shape index (κ1) is 15.1. The van der Waals surface area contributed by atoms with Crippen LogP contribution in [0.2, 0.25) is 0 Å². The van der Waals surface area contributed by atoms with Crippen molar-refractivity contribution in [2.75, 3.05) is 6.54 Å². The minimum Gasteiger partial charge on any atom is -0.290 e. The summed E-state index contributed by atoms with van der Waals surface area (Å²) in [7, 11) is 1.96. The highest BCUT2D eigenvalue weighted by Gasteiger charge is 2.27. The Labute approximate surface area is 141 Å². The zero-order valence-electron chi connectivity index (χ0n) is 14.1. The van der Waals surface area contributed by atoms with Gasteiger partial charge >= 0.3 is 0 Å². The quantitative estimate of drug-likeness (QED) is 0.741. The van der Waals surface area contributed by atoms with E-state index in [2.05, 4.69) is 33.3 Å². The van der Waals surface area contributed by atoms with E-state index in [9.17, 15) is 0 Å². The molecule has 0 aromatic carbocycles. The van der Waals surface area contributed by atoms with Gasteiger partial charge < -0.3 is 0 Å². The first-order valence-corrected chi connectivity index (χ1v) is 8.39. The van der Waals surface area contributed by atoms with Crippen LogP contribution in [0.4, 0.5) is 0 Å². The minimum atomic E-state index is 0.369. The first-order valence-electron chi connectivity index (χ1n) is 8.39. The van der Waals surface area contributed by atoms with E-state index in [0.29, 0.717) is 6.04 Å². The minimum absolute atomic E-state index is 0.369. The second-order valence-electron chi connectivity index (χ2n) is 6.42. The van der Waals surface area contributed by atoms with Crippen LogP contribution in [0.25, 0.3) is 5.82 Å². The monoisotopic (exact) mass is 322 g/mol. The fourth-order valence-electron chi connectivity index (χ4n) is 3.52. The number of likely N-dealkylation sites (tertiary alicyclic amines) is 1. The molecular formula is C18H22N6. The number of pyridine rings is 1. The van der Waals surface area contributed by atoms with Crippen molar-refractivity contribution in [2.45, 2.75) is 32.4 Å². The molecule has 3 aromatic rings. The highest BCUT2D eigenvalue weighted by molar-refractivity contribution is 5.28. The normalized spacial score (nSPS) is 18.3. The van der Waals surface area contributed by atoms with Crippen molar-refractivity contribution in [3.63, 3.8) is 0 Å². The number of aromatic nitrogens is 5. The summed E-state index contributed by atoms with van der Waals surface area (Å²) in [5.41, 5.74) is 2.40. The summed E-state index contributed by atoms with van der Waals surface area (Å²) in [5.74, 6) is 1.90. The molecule has 1 aliphatic rings. The molecule has 0 N–H and O–H groups in total. The summed E-state index contributed by atoms with van der Waals surface area (Å²) in [6.07, 6.45) is 10.2.